The smallest absolute Gasteiger partial charge is 0.124 e. The van der Waals surface area contributed by atoms with Crippen molar-refractivity contribution in [2.24, 2.45) is 0 Å². The summed E-state index contributed by atoms with van der Waals surface area (Å²) in [6, 6.07) is 10.0. The number of methoxy groups -OCH3 is 1. The highest BCUT2D eigenvalue weighted by Crippen LogP contribution is 2.45. The van der Waals surface area contributed by atoms with Gasteiger partial charge in [-0.2, -0.15) is 0 Å². The third-order valence-electron chi connectivity index (χ3n) is 4.43. The third kappa shape index (κ3) is 9.03. The zero-order valence-electron chi connectivity index (χ0n) is 19.2. The molecule has 1 heterocycles. The SMILES string of the molecule is CC.CCN(C)C(Cc1cc(C)c(OC)c(C)c1)P(C)(C)=O.c1ccncc1. The lowest BCUT2D eigenvalue weighted by atomic mass is 10.0. The number of aromatic nitrogens is 1. The van der Waals surface area contributed by atoms with Crippen LogP contribution < -0.4 is 4.74 Å². The van der Waals surface area contributed by atoms with Crippen LogP contribution in [0.4, 0.5) is 0 Å². The standard InChI is InChI=1S/C16H28NO2P.C5H5N.C2H6/c1-8-17(4)15(20(6,7)18)11-14-9-12(2)16(19-5)13(3)10-14;1-2-4-6-5-3-1;1-2/h9-10,15H,8,11H2,1-7H3;1-5H;1-2H3. The van der Waals surface area contributed by atoms with Crippen molar-refractivity contribution < 1.29 is 9.30 Å². The van der Waals surface area contributed by atoms with Crippen molar-refractivity contribution in [1.82, 2.24) is 9.88 Å². The Morgan fingerprint density at radius 2 is 1.57 bits per heavy atom. The van der Waals surface area contributed by atoms with Crippen LogP contribution in [0.1, 0.15) is 37.5 Å². The number of rotatable bonds is 6. The number of likely N-dealkylation sites (N-methyl/N-ethyl adjacent to an activating group) is 1. The van der Waals surface area contributed by atoms with Gasteiger partial charge in [0.2, 0.25) is 0 Å². The van der Waals surface area contributed by atoms with Crippen molar-refractivity contribution in [3.63, 3.8) is 0 Å². The van der Waals surface area contributed by atoms with Gasteiger partial charge in [0.1, 0.15) is 5.75 Å². The summed E-state index contributed by atoms with van der Waals surface area (Å²) in [5.74, 6) is 1.05. The summed E-state index contributed by atoms with van der Waals surface area (Å²) < 4.78 is 18.0. The lowest BCUT2D eigenvalue weighted by molar-refractivity contribution is 0.315. The molecule has 0 saturated carbocycles. The number of hydrogen-bond donors (Lipinski definition) is 0. The van der Waals surface area contributed by atoms with Crippen molar-refractivity contribution >= 4 is 7.14 Å². The molecule has 0 saturated heterocycles. The van der Waals surface area contributed by atoms with E-state index in [9.17, 15) is 4.57 Å². The van der Waals surface area contributed by atoms with E-state index in [0.717, 1.165) is 29.8 Å². The second-order valence-electron chi connectivity index (χ2n) is 6.98. The van der Waals surface area contributed by atoms with Crippen LogP contribution in [-0.4, -0.2) is 49.7 Å². The van der Waals surface area contributed by atoms with Crippen molar-refractivity contribution in [1.29, 1.82) is 0 Å². The number of pyridine rings is 1. The Hall–Kier alpha value is -1.64. The maximum atomic E-state index is 12.5. The van der Waals surface area contributed by atoms with E-state index in [1.807, 2.05) is 52.4 Å². The first kappa shape index (κ1) is 26.4. The van der Waals surface area contributed by atoms with E-state index in [0.29, 0.717) is 0 Å². The number of ether oxygens (including phenoxy) is 1. The molecule has 0 aliphatic carbocycles. The molecular weight excluding hydrogens is 367 g/mol. The van der Waals surface area contributed by atoms with Crippen LogP contribution in [0.3, 0.4) is 0 Å². The number of nitrogens with zero attached hydrogens (tertiary/aromatic N) is 2. The Kier molecular flexibility index (Phi) is 12.7. The molecule has 1 unspecified atom stereocenters. The van der Waals surface area contributed by atoms with E-state index in [1.54, 1.807) is 19.5 Å². The van der Waals surface area contributed by atoms with Crippen LogP contribution in [0.25, 0.3) is 0 Å². The lowest BCUT2D eigenvalue weighted by Gasteiger charge is -2.30. The zero-order valence-corrected chi connectivity index (χ0v) is 20.1. The van der Waals surface area contributed by atoms with Crippen molar-refractivity contribution in [3.8, 4) is 5.75 Å². The van der Waals surface area contributed by atoms with E-state index >= 15 is 0 Å². The topological polar surface area (TPSA) is 42.4 Å². The van der Waals surface area contributed by atoms with Gasteiger partial charge in [-0.25, -0.2) is 0 Å². The number of benzene rings is 1. The van der Waals surface area contributed by atoms with Gasteiger partial charge in [-0.1, -0.05) is 39.0 Å². The van der Waals surface area contributed by atoms with Crippen molar-refractivity contribution in [2.45, 2.75) is 46.8 Å². The van der Waals surface area contributed by atoms with Crippen molar-refractivity contribution in [2.75, 3.05) is 34.0 Å². The Balaban J connectivity index is 0.000000759. The Morgan fingerprint density at radius 3 is 1.86 bits per heavy atom. The van der Waals surface area contributed by atoms with Gasteiger partial charge >= 0.3 is 0 Å². The molecular formula is C23H39N2O2P. The van der Waals surface area contributed by atoms with Crippen LogP contribution in [-0.2, 0) is 11.0 Å². The molecule has 4 nitrogen and oxygen atoms in total. The molecule has 0 aliphatic rings. The highest BCUT2D eigenvalue weighted by molar-refractivity contribution is 7.63. The molecule has 158 valence electrons. The maximum absolute atomic E-state index is 12.5. The molecule has 0 bridgehead atoms. The zero-order chi connectivity index (χ0) is 21.7. The van der Waals surface area contributed by atoms with Crippen LogP contribution in [0.2, 0.25) is 0 Å². The van der Waals surface area contributed by atoms with E-state index in [4.69, 9.17) is 4.74 Å². The first-order valence-corrected chi connectivity index (χ1v) is 12.6. The average Bonchev–Trinajstić information content (AvgIpc) is 2.68. The Morgan fingerprint density at radius 1 is 1.07 bits per heavy atom. The molecule has 0 aliphatic heterocycles. The highest BCUT2D eigenvalue weighted by Gasteiger charge is 2.27. The second kappa shape index (κ2) is 13.5. The lowest BCUT2D eigenvalue weighted by Crippen LogP contribution is -2.33. The maximum Gasteiger partial charge on any atom is 0.124 e. The highest BCUT2D eigenvalue weighted by atomic mass is 31.2. The molecule has 1 aromatic carbocycles. The van der Waals surface area contributed by atoms with Crippen LogP contribution >= 0.6 is 7.14 Å². The molecule has 0 radical (unpaired) electrons. The van der Waals surface area contributed by atoms with Crippen LogP contribution in [0, 0.1) is 13.8 Å². The van der Waals surface area contributed by atoms with Gasteiger partial charge < -0.3 is 9.30 Å². The minimum atomic E-state index is -2.17. The molecule has 0 fully saturated rings. The van der Waals surface area contributed by atoms with Gasteiger partial charge in [-0.15, -0.1) is 0 Å². The Bertz CT molecular complexity index is 664. The molecule has 0 N–H and O–H groups in total. The van der Waals surface area contributed by atoms with Crippen molar-refractivity contribution in [3.05, 3.63) is 59.4 Å². The van der Waals surface area contributed by atoms with Gasteiger partial charge in [-0.05, 0) is 76.0 Å². The minimum Gasteiger partial charge on any atom is -0.496 e. The number of aryl methyl sites for hydroxylation is 2. The van der Waals surface area contributed by atoms with Gasteiger partial charge in [0.15, 0.2) is 0 Å². The van der Waals surface area contributed by atoms with Gasteiger partial charge in [0.05, 0.1) is 20.0 Å². The van der Waals surface area contributed by atoms with Gasteiger partial charge in [0, 0.05) is 12.4 Å². The van der Waals surface area contributed by atoms with E-state index < -0.39 is 7.14 Å². The predicted octanol–water partition coefficient (Wildman–Crippen LogP) is 5.86. The first-order chi connectivity index (χ1) is 13.2. The average molecular weight is 407 g/mol. The van der Waals surface area contributed by atoms with Crippen LogP contribution in [0.15, 0.2) is 42.7 Å². The molecule has 0 spiro atoms. The second-order valence-corrected chi connectivity index (χ2v) is 10.4. The van der Waals surface area contributed by atoms with E-state index in [2.05, 4.69) is 42.8 Å². The summed E-state index contributed by atoms with van der Waals surface area (Å²) in [4.78, 5) is 5.97. The van der Waals surface area contributed by atoms with Gasteiger partial charge in [-0.3, -0.25) is 9.88 Å². The monoisotopic (exact) mass is 406 g/mol. The quantitative estimate of drug-likeness (QED) is 0.563. The fourth-order valence-electron chi connectivity index (χ4n) is 3.06. The molecule has 2 aromatic rings. The molecule has 28 heavy (non-hydrogen) atoms. The predicted molar refractivity (Wildman–Crippen MR) is 123 cm³/mol. The fourth-order valence-corrected chi connectivity index (χ4v) is 4.83. The normalized spacial score (nSPS) is 11.6. The summed E-state index contributed by atoms with van der Waals surface area (Å²) in [5.41, 5.74) is 3.51. The minimum absolute atomic E-state index is 0.0969. The number of hydrogen-bond acceptors (Lipinski definition) is 4. The first-order valence-electron chi connectivity index (χ1n) is 9.94. The summed E-state index contributed by atoms with van der Waals surface area (Å²) in [7, 11) is 1.58. The summed E-state index contributed by atoms with van der Waals surface area (Å²) in [6.45, 7) is 14.9. The summed E-state index contributed by atoms with van der Waals surface area (Å²) in [6.07, 6.45) is 4.32. The third-order valence-corrected chi connectivity index (χ3v) is 6.45. The van der Waals surface area contributed by atoms with Gasteiger partial charge in [0.25, 0.3) is 0 Å². The Labute approximate surface area is 172 Å². The van der Waals surface area contributed by atoms with E-state index in [-0.39, 0.29) is 5.78 Å². The summed E-state index contributed by atoms with van der Waals surface area (Å²) >= 11 is 0. The van der Waals surface area contributed by atoms with E-state index in [1.165, 1.54) is 5.56 Å². The molecule has 2 rings (SSSR count). The molecule has 5 heteroatoms. The van der Waals surface area contributed by atoms with Crippen LogP contribution in [0.5, 0.6) is 5.75 Å². The largest absolute Gasteiger partial charge is 0.496 e. The molecule has 0 amide bonds. The fraction of sp³-hybridized carbons (Fsp3) is 0.522. The molecule has 1 atom stereocenters. The summed E-state index contributed by atoms with van der Waals surface area (Å²) in [5, 5.41) is 0. The molecule has 1 aromatic heterocycles.